The Kier molecular flexibility index (Phi) is 4.83. The summed E-state index contributed by atoms with van der Waals surface area (Å²) in [4.78, 5) is 13.0. The van der Waals surface area contributed by atoms with Gasteiger partial charge in [0.2, 0.25) is 0 Å². The van der Waals surface area contributed by atoms with Gasteiger partial charge >= 0.3 is 0 Å². The molecule has 0 spiro atoms. The molecule has 1 saturated carbocycles. The second-order valence-corrected chi connectivity index (χ2v) is 6.52. The van der Waals surface area contributed by atoms with Crippen LogP contribution in [0.4, 0.5) is 5.82 Å². The van der Waals surface area contributed by atoms with Crippen molar-refractivity contribution >= 4 is 17.2 Å². The van der Waals surface area contributed by atoms with E-state index in [-0.39, 0.29) is 0 Å². The Balaban J connectivity index is 1.71. The minimum atomic E-state index is 0.639. The molecule has 0 aliphatic heterocycles. The van der Waals surface area contributed by atoms with Crippen molar-refractivity contribution < 1.29 is 0 Å². The molecule has 0 aromatic carbocycles. The molecule has 2 aromatic rings. The monoisotopic (exact) mass is 302 g/mol. The summed E-state index contributed by atoms with van der Waals surface area (Å²) in [5, 5.41) is 5.53. The molecule has 0 amide bonds. The van der Waals surface area contributed by atoms with Crippen LogP contribution >= 0.6 is 11.3 Å². The second-order valence-electron chi connectivity index (χ2n) is 5.48. The molecule has 1 aliphatic carbocycles. The van der Waals surface area contributed by atoms with Crippen LogP contribution in [0.1, 0.15) is 36.8 Å². The van der Waals surface area contributed by atoms with E-state index in [2.05, 4.69) is 39.6 Å². The SMILES string of the molecule is CCCNCc1cncc(N(Cc2cccs2)C2CC2)n1. The zero-order valence-corrected chi connectivity index (χ0v) is 13.3. The average molecular weight is 302 g/mol. The van der Waals surface area contributed by atoms with Crippen molar-refractivity contribution in [1.82, 2.24) is 15.3 Å². The Bertz CT molecular complexity index is 551. The summed E-state index contributed by atoms with van der Waals surface area (Å²) in [5.74, 6) is 1.02. The molecule has 0 saturated heterocycles. The lowest BCUT2D eigenvalue weighted by Gasteiger charge is -2.23. The maximum atomic E-state index is 4.79. The Hall–Kier alpha value is -1.46. The number of anilines is 1. The lowest BCUT2D eigenvalue weighted by molar-refractivity contribution is 0.659. The summed E-state index contributed by atoms with van der Waals surface area (Å²) >= 11 is 1.81. The van der Waals surface area contributed by atoms with Crippen LogP contribution in [0.25, 0.3) is 0 Å². The fourth-order valence-electron chi connectivity index (χ4n) is 2.37. The summed E-state index contributed by atoms with van der Waals surface area (Å²) in [6.45, 7) is 4.94. The maximum absolute atomic E-state index is 4.79. The van der Waals surface area contributed by atoms with E-state index in [1.807, 2.05) is 23.7 Å². The van der Waals surface area contributed by atoms with Gasteiger partial charge in [-0.25, -0.2) is 4.98 Å². The standard InChI is InChI=1S/C16H22N4S/c1-2-7-17-9-13-10-18-11-16(19-13)20(14-5-6-14)12-15-4-3-8-21-15/h3-4,8,10-11,14,17H,2,5-7,9,12H2,1H3. The number of rotatable bonds is 8. The van der Waals surface area contributed by atoms with E-state index in [9.17, 15) is 0 Å². The van der Waals surface area contributed by atoms with Crippen molar-refractivity contribution in [1.29, 1.82) is 0 Å². The van der Waals surface area contributed by atoms with Gasteiger partial charge in [0, 0.05) is 23.7 Å². The van der Waals surface area contributed by atoms with Crippen LogP contribution in [0.15, 0.2) is 29.9 Å². The highest BCUT2D eigenvalue weighted by molar-refractivity contribution is 7.09. The first kappa shape index (κ1) is 14.5. The fraction of sp³-hybridized carbons (Fsp3) is 0.500. The number of aromatic nitrogens is 2. The highest BCUT2D eigenvalue weighted by Gasteiger charge is 2.30. The van der Waals surface area contributed by atoms with Crippen LogP contribution in [-0.2, 0) is 13.1 Å². The normalized spacial score (nSPS) is 14.3. The molecule has 4 nitrogen and oxygen atoms in total. The minimum Gasteiger partial charge on any atom is -0.347 e. The minimum absolute atomic E-state index is 0.639. The Morgan fingerprint density at radius 3 is 3.00 bits per heavy atom. The predicted octanol–water partition coefficient (Wildman–Crippen LogP) is 3.21. The zero-order valence-electron chi connectivity index (χ0n) is 12.5. The molecule has 112 valence electrons. The van der Waals surface area contributed by atoms with Crippen LogP contribution < -0.4 is 10.2 Å². The third-order valence-electron chi connectivity index (χ3n) is 3.59. The lowest BCUT2D eigenvalue weighted by Crippen LogP contribution is -2.26. The first-order valence-electron chi connectivity index (χ1n) is 7.67. The van der Waals surface area contributed by atoms with Gasteiger partial charge in [0.25, 0.3) is 0 Å². The van der Waals surface area contributed by atoms with E-state index in [1.54, 1.807) is 0 Å². The van der Waals surface area contributed by atoms with E-state index in [1.165, 1.54) is 17.7 Å². The van der Waals surface area contributed by atoms with E-state index in [0.717, 1.165) is 37.6 Å². The molecule has 1 aliphatic rings. The lowest BCUT2D eigenvalue weighted by atomic mass is 10.3. The predicted molar refractivity (Wildman–Crippen MR) is 87.6 cm³/mol. The number of nitrogens with one attached hydrogen (secondary N) is 1. The number of hydrogen-bond acceptors (Lipinski definition) is 5. The second kappa shape index (κ2) is 7.00. The summed E-state index contributed by atoms with van der Waals surface area (Å²) in [6.07, 6.45) is 7.44. The van der Waals surface area contributed by atoms with Crippen molar-refractivity contribution in [3.05, 3.63) is 40.5 Å². The molecular weight excluding hydrogens is 280 g/mol. The third-order valence-corrected chi connectivity index (χ3v) is 4.45. The number of thiophene rings is 1. The van der Waals surface area contributed by atoms with Gasteiger partial charge in [-0.1, -0.05) is 13.0 Å². The average Bonchev–Trinajstić information content (AvgIpc) is 3.22. The number of hydrogen-bond donors (Lipinski definition) is 1. The highest BCUT2D eigenvalue weighted by atomic mass is 32.1. The van der Waals surface area contributed by atoms with E-state index >= 15 is 0 Å². The first-order valence-corrected chi connectivity index (χ1v) is 8.55. The summed E-state index contributed by atoms with van der Waals surface area (Å²) in [7, 11) is 0. The van der Waals surface area contributed by atoms with Gasteiger partial charge in [0.15, 0.2) is 0 Å². The van der Waals surface area contributed by atoms with Crippen molar-refractivity contribution in [2.45, 2.75) is 45.3 Å². The Morgan fingerprint density at radius 1 is 1.38 bits per heavy atom. The Labute approximate surface area is 130 Å². The largest absolute Gasteiger partial charge is 0.347 e. The molecule has 5 heteroatoms. The highest BCUT2D eigenvalue weighted by Crippen LogP contribution is 2.32. The van der Waals surface area contributed by atoms with Gasteiger partial charge in [-0.3, -0.25) is 4.98 Å². The van der Waals surface area contributed by atoms with Gasteiger partial charge in [-0.05, 0) is 37.3 Å². The van der Waals surface area contributed by atoms with Crippen LogP contribution in [0.3, 0.4) is 0 Å². The zero-order chi connectivity index (χ0) is 14.5. The maximum Gasteiger partial charge on any atom is 0.148 e. The van der Waals surface area contributed by atoms with Crippen LogP contribution in [0.2, 0.25) is 0 Å². The van der Waals surface area contributed by atoms with Gasteiger partial charge in [-0.15, -0.1) is 11.3 Å². The van der Waals surface area contributed by atoms with Gasteiger partial charge in [0.05, 0.1) is 18.4 Å². The van der Waals surface area contributed by atoms with Crippen LogP contribution in [-0.4, -0.2) is 22.6 Å². The molecule has 1 N–H and O–H groups in total. The summed E-state index contributed by atoms with van der Waals surface area (Å²) in [6, 6.07) is 4.95. The molecule has 3 rings (SSSR count). The molecule has 1 fully saturated rings. The number of nitrogens with zero attached hydrogens (tertiary/aromatic N) is 3. The molecular formula is C16H22N4S. The molecule has 0 atom stereocenters. The topological polar surface area (TPSA) is 41.1 Å². The van der Waals surface area contributed by atoms with Gasteiger partial charge < -0.3 is 10.2 Å². The van der Waals surface area contributed by atoms with E-state index < -0.39 is 0 Å². The molecule has 21 heavy (non-hydrogen) atoms. The molecule has 0 unspecified atom stereocenters. The quantitative estimate of drug-likeness (QED) is 0.760. The fourth-order valence-corrected chi connectivity index (χ4v) is 3.07. The summed E-state index contributed by atoms with van der Waals surface area (Å²) < 4.78 is 0. The summed E-state index contributed by atoms with van der Waals surface area (Å²) in [5.41, 5.74) is 1.03. The molecule has 0 bridgehead atoms. The van der Waals surface area contributed by atoms with Crippen LogP contribution in [0, 0.1) is 0 Å². The van der Waals surface area contributed by atoms with Gasteiger partial charge in [0.1, 0.15) is 5.82 Å². The van der Waals surface area contributed by atoms with Crippen LogP contribution in [0.5, 0.6) is 0 Å². The smallest absolute Gasteiger partial charge is 0.148 e. The first-order chi connectivity index (χ1) is 10.4. The third kappa shape index (κ3) is 4.02. The van der Waals surface area contributed by atoms with Crippen molar-refractivity contribution in [3.8, 4) is 0 Å². The Morgan fingerprint density at radius 2 is 2.29 bits per heavy atom. The molecule has 2 aromatic heterocycles. The van der Waals surface area contributed by atoms with Crippen molar-refractivity contribution in [2.24, 2.45) is 0 Å². The van der Waals surface area contributed by atoms with Crippen molar-refractivity contribution in [2.75, 3.05) is 11.4 Å². The van der Waals surface area contributed by atoms with Gasteiger partial charge in [-0.2, -0.15) is 0 Å². The molecule has 0 radical (unpaired) electrons. The van der Waals surface area contributed by atoms with E-state index in [4.69, 9.17) is 4.98 Å². The van der Waals surface area contributed by atoms with E-state index in [0.29, 0.717) is 6.04 Å². The molecule has 2 heterocycles. The van der Waals surface area contributed by atoms with Crippen molar-refractivity contribution in [3.63, 3.8) is 0 Å².